The van der Waals surface area contributed by atoms with Gasteiger partial charge in [0.15, 0.2) is 0 Å². The zero-order valence-electron chi connectivity index (χ0n) is 19.0. The molecule has 2 saturated heterocycles. The molecule has 0 saturated carbocycles. The molecule has 2 amide bonds. The van der Waals surface area contributed by atoms with Crippen LogP contribution in [0.2, 0.25) is 0 Å². The van der Waals surface area contributed by atoms with E-state index in [1.54, 1.807) is 18.3 Å². The number of pyridine rings is 1. The third kappa shape index (κ3) is 4.79. The zero-order valence-corrected chi connectivity index (χ0v) is 19.0. The maximum atomic E-state index is 13.7. The number of hydrogen-bond acceptors (Lipinski definition) is 4. The number of nitrogen functional groups attached to an aromatic ring is 1. The third-order valence-electron chi connectivity index (χ3n) is 7.38. The minimum Gasteiger partial charge on any atom is -0.384 e. The molecule has 1 aromatic heterocycles. The van der Waals surface area contributed by atoms with Crippen LogP contribution in [0.5, 0.6) is 0 Å². The summed E-state index contributed by atoms with van der Waals surface area (Å²) < 4.78 is 0. The fraction of sp³-hybridized carbons (Fsp3) is 0.500. The highest BCUT2D eigenvalue weighted by Crippen LogP contribution is 2.42. The SMILES string of the molecule is C[C@@]1(C2CCN(C(=O)c3ccc(N)nc3)CC2)CCCCN(CCc2ccccc2)C1=O. The molecule has 1 aromatic carbocycles. The van der Waals surface area contributed by atoms with Gasteiger partial charge in [0, 0.05) is 37.8 Å². The Hall–Kier alpha value is -2.89. The van der Waals surface area contributed by atoms with Crippen molar-refractivity contribution in [1.82, 2.24) is 14.8 Å². The average Bonchev–Trinajstić information content (AvgIpc) is 2.97. The van der Waals surface area contributed by atoms with E-state index in [2.05, 4.69) is 41.1 Å². The van der Waals surface area contributed by atoms with Crippen LogP contribution >= 0.6 is 0 Å². The second-order valence-corrected chi connectivity index (χ2v) is 9.44. The number of rotatable bonds is 5. The second kappa shape index (κ2) is 9.72. The Balaban J connectivity index is 1.39. The van der Waals surface area contributed by atoms with E-state index in [9.17, 15) is 9.59 Å². The first-order chi connectivity index (χ1) is 15.5. The Bertz CT molecular complexity index is 923. The average molecular weight is 435 g/mol. The maximum Gasteiger partial charge on any atom is 0.255 e. The first-order valence-corrected chi connectivity index (χ1v) is 11.8. The predicted octanol–water partition coefficient (Wildman–Crippen LogP) is 3.78. The molecule has 6 heteroatoms. The number of hydrogen-bond donors (Lipinski definition) is 1. The lowest BCUT2D eigenvalue weighted by Gasteiger charge is -2.43. The first kappa shape index (κ1) is 22.3. The quantitative estimate of drug-likeness (QED) is 0.777. The highest BCUT2D eigenvalue weighted by molar-refractivity contribution is 5.94. The summed E-state index contributed by atoms with van der Waals surface area (Å²) in [6.07, 6.45) is 7.26. The molecule has 6 nitrogen and oxygen atoms in total. The summed E-state index contributed by atoms with van der Waals surface area (Å²) in [5, 5.41) is 0. The summed E-state index contributed by atoms with van der Waals surface area (Å²) >= 11 is 0. The van der Waals surface area contributed by atoms with Crippen molar-refractivity contribution in [1.29, 1.82) is 0 Å². The van der Waals surface area contributed by atoms with Gasteiger partial charge in [-0.05, 0) is 55.7 Å². The maximum absolute atomic E-state index is 13.7. The van der Waals surface area contributed by atoms with Gasteiger partial charge in [0.2, 0.25) is 5.91 Å². The molecule has 0 bridgehead atoms. The number of likely N-dealkylation sites (tertiary alicyclic amines) is 2. The highest BCUT2D eigenvalue weighted by atomic mass is 16.2. The van der Waals surface area contributed by atoms with Gasteiger partial charge < -0.3 is 15.5 Å². The Morgan fingerprint density at radius 1 is 1.09 bits per heavy atom. The van der Waals surface area contributed by atoms with E-state index in [0.717, 1.165) is 51.6 Å². The van der Waals surface area contributed by atoms with Crippen LogP contribution in [-0.2, 0) is 11.2 Å². The fourth-order valence-corrected chi connectivity index (χ4v) is 5.30. The van der Waals surface area contributed by atoms with Crippen molar-refractivity contribution in [2.45, 2.75) is 45.4 Å². The molecule has 0 aliphatic carbocycles. The lowest BCUT2D eigenvalue weighted by molar-refractivity contribution is -0.144. The summed E-state index contributed by atoms with van der Waals surface area (Å²) in [5.74, 6) is 1.02. The zero-order chi connectivity index (χ0) is 22.6. The van der Waals surface area contributed by atoms with Gasteiger partial charge in [-0.1, -0.05) is 43.7 Å². The van der Waals surface area contributed by atoms with Crippen molar-refractivity contribution in [3.05, 3.63) is 59.8 Å². The van der Waals surface area contributed by atoms with Crippen LogP contribution in [0.4, 0.5) is 5.82 Å². The number of carbonyl (C=O) groups excluding carboxylic acids is 2. The molecule has 170 valence electrons. The molecule has 1 atom stereocenters. The van der Waals surface area contributed by atoms with Gasteiger partial charge in [-0.15, -0.1) is 0 Å². The molecule has 2 fully saturated rings. The molecule has 2 N–H and O–H groups in total. The summed E-state index contributed by atoms with van der Waals surface area (Å²) in [7, 11) is 0. The van der Waals surface area contributed by atoms with Gasteiger partial charge in [0.05, 0.1) is 5.56 Å². The van der Waals surface area contributed by atoms with Crippen LogP contribution in [0.1, 0.15) is 54.9 Å². The Labute approximate surface area is 190 Å². The molecule has 0 radical (unpaired) electrons. The van der Waals surface area contributed by atoms with Crippen LogP contribution < -0.4 is 5.73 Å². The van der Waals surface area contributed by atoms with E-state index in [-0.39, 0.29) is 11.3 Å². The summed E-state index contributed by atoms with van der Waals surface area (Å²) in [6, 6.07) is 13.8. The number of nitrogens with two attached hydrogens (primary N) is 1. The number of amides is 2. The highest BCUT2D eigenvalue weighted by Gasteiger charge is 2.45. The number of aromatic nitrogens is 1. The predicted molar refractivity (Wildman–Crippen MR) is 126 cm³/mol. The van der Waals surface area contributed by atoms with Crippen LogP contribution in [0, 0.1) is 11.3 Å². The van der Waals surface area contributed by atoms with E-state index in [1.165, 1.54) is 5.56 Å². The van der Waals surface area contributed by atoms with Crippen LogP contribution in [0.15, 0.2) is 48.7 Å². The smallest absolute Gasteiger partial charge is 0.255 e. The van der Waals surface area contributed by atoms with E-state index in [4.69, 9.17) is 5.73 Å². The monoisotopic (exact) mass is 434 g/mol. The van der Waals surface area contributed by atoms with E-state index in [0.29, 0.717) is 36.3 Å². The third-order valence-corrected chi connectivity index (χ3v) is 7.38. The molecule has 3 heterocycles. The number of anilines is 1. The molecule has 4 rings (SSSR count). The molecule has 2 aromatic rings. The van der Waals surface area contributed by atoms with E-state index in [1.807, 2.05) is 11.0 Å². The van der Waals surface area contributed by atoms with Crippen molar-refractivity contribution in [3.63, 3.8) is 0 Å². The summed E-state index contributed by atoms with van der Waals surface area (Å²) in [4.78, 5) is 34.5. The topological polar surface area (TPSA) is 79.5 Å². The summed E-state index contributed by atoms with van der Waals surface area (Å²) in [6.45, 7) is 5.16. The Kier molecular flexibility index (Phi) is 6.77. The van der Waals surface area contributed by atoms with Gasteiger partial charge in [-0.3, -0.25) is 9.59 Å². The van der Waals surface area contributed by atoms with Crippen molar-refractivity contribution in [2.24, 2.45) is 11.3 Å². The van der Waals surface area contributed by atoms with Gasteiger partial charge in [-0.2, -0.15) is 0 Å². The largest absolute Gasteiger partial charge is 0.384 e. The first-order valence-electron chi connectivity index (χ1n) is 11.8. The van der Waals surface area contributed by atoms with Gasteiger partial charge >= 0.3 is 0 Å². The van der Waals surface area contributed by atoms with Crippen molar-refractivity contribution >= 4 is 17.6 Å². The van der Waals surface area contributed by atoms with Crippen molar-refractivity contribution in [3.8, 4) is 0 Å². The Morgan fingerprint density at radius 3 is 2.53 bits per heavy atom. The fourth-order valence-electron chi connectivity index (χ4n) is 5.30. The van der Waals surface area contributed by atoms with E-state index >= 15 is 0 Å². The lowest BCUT2D eigenvalue weighted by atomic mass is 9.69. The van der Waals surface area contributed by atoms with Crippen molar-refractivity contribution < 1.29 is 9.59 Å². The second-order valence-electron chi connectivity index (χ2n) is 9.44. The molecule has 2 aliphatic rings. The Morgan fingerprint density at radius 2 is 1.84 bits per heavy atom. The van der Waals surface area contributed by atoms with Gasteiger partial charge in [-0.25, -0.2) is 4.98 Å². The van der Waals surface area contributed by atoms with Gasteiger partial charge in [0.25, 0.3) is 5.91 Å². The summed E-state index contributed by atoms with van der Waals surface area (Å²) in [5.41, 5.74) is 7.14. The minimum absolute atomic E-state index is 0.00205. The molecule has 0 spiro atoms. The normalized spacial score (nSPS) is 22.6. The number of nitrogens with zero attached hydrogens (tertiary/aromatic N) is 3. The lowest BCUT2D eigenvalue weighted by Crippen LogP contribution is -2.49. The molecule has 0 unspecified atom stereocenters. The van der Waals surface area contributed by atoms with Gasteiger partial charge in [0.1, 0.15) is 5.82 Å². The van der Waals surface area contributed by atoms with Crippen LogP contribution in [0.3, 0.4) is 0 Å². The number of benzene rings is 1. The molecule has 32 heavy (non-hydrogen) atoms. The van der Waals surface area contributed by atoms with E-state index < -0.39 is 0 Å². The standard InChI is InChI=1S/C26H34N4O2/c1-26(14-5-6-15-30(25(26)32)16-11-20-7-3-2-4-8-20)22-12-17-29(18-13-22)24(31)21-9-10-23(27)28-19-21/h2-4,7-10,19,22H,5-6,11-18H2,1H3,(H2,27,28)/t26-/m0/s1. The van der Waals surface area contributed by atoms with Crippen molar-refractivity contribution in [2.75, 3.05) is 31.9 Å². The number of piperidine rings is 1. The number of carbonyl (C=O) groups is 2. The molecular weight excluding hydrogens is 400 g/mol. The molecule has 2 aliphatic heterocycles. The van der Waals surface area contributed by atoms with Crippen LogP contribution in [0.25, 0.3) is 0 Å². The minimum atomic E-state index is -0.342. The van der Waals surface area contributed by atoms with Crippen LogP contribution in [-0.4, -0.2) is 52.8 Å². The molecular formula is C26H34N4O2.